The van der Waals surface area contributed by atoms with Gasteiger partial charge in [0.25, 0.3) is 0 Å². The third-order valence-electron chi connectivity index (χ3n) is 2.89. The molecule has 0 aromatic carbocycles. The Balaban J connectivity index is 1.98. The van der Waals surface area contributed by atoms with Gasteiger partial charge in [0.1, 0.15) is 12.2 Å². The van der Waals surface area contributed by atoms with Gasteiger partial charge in [-0.25, -0.2) is 4.68 Å². The lowest BCUT2D eigenvalue weighted by atomic mass is 10.0. The molecule has 2 N–H and O–H groups in total. The van der Waals surface area contributed by atoms with Crippen molar-refractivity contribution in [1.82, 2.24) is 20.3 Å². The number of rotatable bonds is 6. The zero-order valence-corrected chi connectivity index (χ0v) is 12.3. The molecular weight excluding hydrogens is 276 g/mol. The number of aliphatic hydroxyl groups is 1. The Labute approximate surface area is 121 Å². The molecule has 2 aromatic heterocycles. The summed E-state index contributed by atoms with van der Waals surface area (Å²) < 4.78 is 1.42. The van der Waals surface area contributed by atoms with E-state index in [1.54, 1.807) is 17.5 Å². The molecule has 0 radical (unpaired) electrons. The molecule has 0 aliphatic heterocycles. The molecule has 1 amide bonds. The summed E-state index contributed by atoms with van der Waals surface area (Å²) in [6, 6.07) is 4.00. The summed E-state index contributed by atoms with van der Waals surface area (Å²) in [5, 5.41) is 21.5. The Kier molecular flexibility index (Phi) is 4.86. The molecule has 0 spiro atoms. The van der Waals surface area contributed by atoms with Crippen molar-refractivity contribution >= 4 is 17.2 Å². The second-order valence-electron chi connectivity index (χ2n) is 4.87. The lowest BCUT2D eigenvalue weighted by molar-refractivity contribution is -0.122. The summed E-state index contributed by atoms with van der Waals surface area (Å²) in [4.78, 5) is 13.2. The van der Waals surface area contributed by atoms with Crippen molar-refractivity contribution in [3.05, 3.63) is 34.3 Å². The van der Waals surface area contributed by atoms with E-state index in [0.717, 1.165) is 4.88 Å². The van der Waals surface area contributed by atoms with Crippen molar-refractivity contribution in [1.29, 1.82) is 0 Å². The third kappa shape index (κ3) is 3.64. The van der Waals surface area contributed by atoms with Crippen molar-refractivity contribution in [2.75, 3.05) is 0 Å². The Hall–Kier alpha value is -1.73. The molecule has 2 heterocycles. The van der Waals surface area contributed by atoms with Gasteiger partial charge in [-0.3, -0.25) is 4.79 Å². The number of carbonyl (C=O) groups is 1. The normalized spacial score (nSPS) is 12.6. The second-order valence-corrected chi connectivity index (χ2v) is 5.85. The van der Waals surface area contributed by atoms with Crippen molar-refractivity contribution < 1.29 is 9.90 Å². The monoisotopic (exact) mass is 294 g/mol. The van der Waals surface area contributed by atoms with Gasteiger partial charge in [-0.1, -0.05) is 25.1 Å². The van der Waals surface area contributed by atoms with Gasteiger partial charge in [0.05, 0.1) is 18.8 Å². The number of hydrogen-bond donors (Lipinski definition) is 2. The minimum Gasteiger partial charge on any atom is -0.390 e. The maximum absolute atomic E-state index is 12.1. The largest absolute Gasteiger partial charge is 0.390 e. The number of nitrogens with one attached hydrogen (secondary N) is 1. The number of aromatic nitrogens is 3. The van der Waals surface area contributed by atoms with E-state index in [-0.39, 0.29) is 25.1 Å². The van der Waals surface area contributed by atoms with Crippen molar-refractivity contribution in [2.24, 2.45) is 5.92 Å². The second kappa shape index (κ2) is 6.62. The summed E-state index contributed by atoms with van der Waals surface area (Å²) in [6.07, 6.45) is 1.56. The number of amides is 1. The van der Waals surface area contributed by atoms with Gasteiger partial charge in [-0.05, 0) is 17.4 Å². The van der Waals surface area contributed by atoms with Gasteiger partial charge in [-0.15, -0.1) is 16.4 Å². The molecular formula is C13H18N4O2S. The first-order valence-electron chi connectivity index (χ1n) is 6.42. The standard InChI is InChI=1S/C13H18N4O2S/c1-9(2)13(11-4-3-5-20-11)14-12(19)7-17-6-10(8-18)15-16-17/h3-6,9,13,18H,7-8H2,1-2H3,(H,14,19). The van der Waals surface area contributed by atoms with Crippen LogP contribution in [0, 0.1) is 5.92 Å². The molecule has 0 saturated carbocycles. The maximum Gasteiger partial charge on any atom is 0.242 e. The van der Waals surface area contributed by atoms with Crippen LogP contribution in [0.15, 0.2) is 23.7 Å². The lowest BCUT2D eigenvalue weighted by Crippen LogP contribution is -2.33. The predicted molar refractivity (Wildman–Crippen MR) is 76.0 cm³/mol. The molecule has 2 rings (SSSR count). The highest BCUT2D eigenvalue weighted by molar-refractivity contribution is 7.10. The average Bonchev–Trinajstić information content (AvgIpc) is 3.06. The Bertz CT molecular complexity index is 550. The number of nitrogens with zero attached hydrogens (tertiary/aromatic N) is 3. The van der Waals surface area contributed by atoms with E-state index < -0.39 is 0 Å². The van der Waals surface area contributed by atoms with E-state index in [2.05, 4.69) is 29.5 Å². The molecule has 108 valence electrons. The number of carbonyl (C=O) groups excluding carboxylic acids is 1. The van der Waals surface area contributed by atoms with Gasteiger partial charge < -0.3 is 10.4 Å². The molecule has 0 aliphatic carbocycles. The number of aliphatic hydroxyl groups excluding tert-OH is 1. The molecule has 6 nitrogen and oxygen atoms in total. The molecule has 2 aromatic rings. The van der Waals surface area contributed by atoms with Crippen LogP contribution in [0.3, 0.4) is 0 Å². The summed E-state index contributed by atoms with van der Waals surface area (Å²) in [7, 11) is 0. The predicted octanol–water partition coefficient (Wildman–Crippen LogP) is 1.35. The van der Waals surface area contributed by atoms with Crippen LogP contribution in [-0.2, 0) is 17.9 Å². The zero-order valence-electron chi connectivity index (χ0n) is 11.5. The molecule has 0 fully saturated rings. The van der Waals surface area contributed by atoms with E-state index >= 15 is 0 Å². The third-order valence-corrected chi connectivity index (χ3v) is 3.84. The summed E-state index contributed by atoms with van der Waals surface area (Å²) in [6.45, 7) is 4.07. The van der Waals surface area contributed by atoms with Crippen LogP contribution in [0.25, 0.3) is 0 Å². The van der Waals surface area contributed by atoms with E-state index in [4.69, 9.17) is 5.11 Å². The van der Waals surface area contributed by atoms with E-state index in [0.29, 0.717) is 11.6 Å². The molecule has 0 saturated heterocycles. The van der Waals surface area contributed by atoms with Crippen LogP contribution in [0.2, 0.25) is 0 Å². The summed E-state index contributed by atoms with van der Waals surface area (Å²) >= 11 is 1.63. The smallest absolute Gasteiger partial charge is 0.242 e. The Morgan fingerprint density at radius 3 is 2.90 bits per heavy atom. The van der Waals surface area contributed by atoms with Crippen LogP contribution >= 0.6 is 11.3 Å². The highest BCUT2D eigenvalue weighted by Crippen LogP contribution is 2.25. The SMILES string of the molecule is CC(C)C(NC(=O)Cn1cc(CO)nn1)c1cccs1. The topological polar surface area (TPSA) is 80.0 Å². The lowest BCUT2D eigenvalue weighted by Gasteiger charge is -2.21. The van der Waals surface area contributed by atoms with E-state index in [1.165, 1.54) is 4.68 Å². The van der Waals surface area contributed by atoms with Gasteiger partial charge in [0, 0.05) is 4.88 Å². The van der Waals surface area contributed by atoms with Crippen LogP contribution in [-0.4, -0.2) is 26.0 Å². The summed E-state index contributed by atoms with van der Waals surface area (Å²) in [5.41, 5.74) is 0.455. The van der Waals surface area contributed by atoms with E-state index in [1.807, 2.05) is 17.5 Å². The van der Waals surface area contributed by atoms with Crippen LogP contribution in [0.5, 0.6) is 0 Å². The first kappa shape index (κ1) is 14.7. The number of thiophene rings is 1. The molecule has 7 heteroatoms. The highest BCUT2D eigenvalue weighted by atomic mass is 32.1. The quantitative estimate of drug-likeness (QED) is 0.842. The number of hydrogen-bond acceptors (Lipinski definition) is 5. The van der Waals surface area contributed by atoms with Crippen LogP contribution in [0.1, 0.15) is 30.5 Å². The molecule has 20 heavy (non-hydrogen) atoms. The first-order valence-corrected chi connectivity index (χ1v) is 7.30. The first-order chi connectivity index (χ1) is 9.60. The fourth-order valence-corrected chi connectivity index (χ4v) is 2.84. The fourth-order valence-electron chi connectivity index (χ4n) is 1.89. The van der Waals surface area contributed by atoms with Gasteiger partial charge in [0.15, 0.2) is 0 Å². The van der Waals surface area contributed by atoms with Gasteiger partial charge in [-0.2, -0.15) is 0 Å². The maximum atomic E-state index is 12.1. The van der Waals surface area contributed by atoms with Crippen molar-refractivity contribution in [3.8, 4) is 0 Å². The minimum atomic E-state index is -0.175. The Morgan fingerprint density at radius 1 is 1.55 bits per heavy atom. The van der Waals surface area contributed by atoms with Crippen LogP contribution < -0.4 is 5.32 Å². The van der Waals surface area contributed by atoms with Crippen molar-refractivity contribution in [3.63, 3.8) is 0 Å². The zero-order chi connectivity index (χ0) is 14.5. The Morgan fingerprint density at radius 2 is 2.35 bits per heavy atom. The van der Waals surface area contributed by atoms with Gasteiger partial charge in [0.2, 0.25) is 5.91 Å². The highest BCUT2D eigenvalue weighted by Gasteiger charge is 2.19. The van der Waals surface area contributed by atoms with Crippen molar-refractivity contribution in [2.45, 2.75) is 33.0 Å². The van der Waals surface area contributed by atoms with Gasteiger partial charge >= 0.3 is 0 Å². The molecule has 0 aliphatic rings. The minimum absolute atomic E-state index is 0.00309. The summed E-state index contributed by atoms with van der Waals surface area (Å²) in [5.74, 6) is 0.188. The average molecular weight is 294 g/mol. The molecule has 1 atom stereocenters. The van der Waals surface area contributed by atoms with E-state index in [9.17, 15) is 4.79 Å². The fraction of sp³-hybridized carbons (Fsp3) is 0.462. The molecule has 1 unspecified atom stereocenters. The van der Waals surface area contributed by atoms with Crippen LogP contribution in [0.4, 0.5) is 0 Å². The molecule has 0 bridgehead atoms.